The van der Waals surface area contributed by atoms with Crippen LogP contribution in [-0.4, -0.2) is 59.0 Å². The molecule has 3 fully saturated rings. The quantitative estimate of drug-likeness (QED) is 0.476. The number of para-hydroxylation sites is 1. The fourth-order valence-corrected chi connectivity index (χ4v) is 6.00. The fraction of sp³-hybridized carbons (Fsp3) is 0.448. The SMILES string of the molecule is CC1=[N+]([O-])C(NC(=O)Nc2cccc(C)c2)C(=O)N(CC(=O)N2CC3CCC(CC3)C2)c2c(C)cccc21. The number of hydroxylamine groups is 1. The molecule has 9 heteroatoms. The van der Waals surface area contributed by atoms with Crippen molar-refractivity contribution in [3.8, 4) is 0 Å². The molecular formula is C29H35N5O4. The molecule has 2 aromatic rings. The molecule has 38 heavy (non-hydrogen) atoms. The van der Waals surface area contributed by atoms with Crippen molar-refractivity contribution in [1.82, 2.24) is 10.2 Å². The van der Waals surface area contributed by atoms with Crippen LogP contribution in [0.2, 0.25) is 0 Å². The van der Waals surface area contributed by atoms with Crippen molar-refractivity contribution in [1.29, 1.82) is 0 Å². The van der Waals surface area contributed by atoms with Crippen LogP contribution in [0.4, 0.5) is 16.2 Å². The first-order valence-corrected chi connectivity index (χ1v) is 13.3. The number of carbonyl (C=O) groups is 3. The summed E-state index contributed by atoms with van der Waals surface area (Å²) in [7, 11) is 0. The first-order valence-electron chi connectivity index (χ1n) is 13.3. The van der Waals surface area contributed by atoms with Gasteiger partial charge in [-0.05, 0) is 80.7 Å². The monoisotopic (exact) mass is 517 g/mol. The van der Waals surface area contributed by atoms with Gasteiger partial charge < -0.3 is 15.4 Å². The summed E-state index contributed by atoms with van der Waals surface area (Å²) >= 11 is 0. The molecule has 2 aromatic carbocycles. The van der Waals surface area contributed by atoms with E-state index in [1.54, 1.807) is 31.2 Å². The Morgan fingerprint density at radius 3 is 2.32 bits per heavy atom. The maximum absolute atomic E-state index is 13.9. The Kier molecular flexibility index (Phi) is 7.10. The van der Waals surface area contributed by atoms with Gasteiger partial charge in [0.2, 0.25) is 5.91 Å². The summed E-state index contributed by atoms with van der Waals surface area (Å²) in [6.45, 7) is 6.61. The van der Waals surface area contributed by atoms with Crippen LogP contribution in [-0.2, 0) is 9.59 Å². The molecule has 0 aromatic heterocycles. The lowest BCUT2D eigenvalue weighted by atomic mass is 9.84. The molecule has 4 amide bonds. The van der Waals surface area contributed by atoms with Gasteiger partial charge in [0.05, 0.1) is 11.3 Å². The van der Waals surface area contributed by atoms with E-state index in [-0.39, 0.29) is 12.5 Å². The van der Waals surface area contributed by atoms with E-state index in [0.717, 1.165) is 36.8 Å². The minimum absolute atomic E-state index is 0.133. The summed E-state index contributed by atoms with van der Waals surface area (Å²) in [5.74, 6) is 0.224. The molecule has 9 nitrogen and oxygen atoms in total. The summed E-state index contributed by atoms with van der Waals surface area (Å²) in [4.78, 5) is 43.7. The normalized spacial score (nSPS) is 23.0. The Balaban J connectivity index is 1.44. The Bertz CT molecular complexity index is 1280. The molecule has 3 aliphatic heterocycles. The first kappa shape index (κ1) is 25.8. The van der Waals surface area contributed by atoms with E-state index in [2.05, 4.69) is 10.6 Å². The van der Waals surface area contributed by atoms with Crippen molar-refractivity contribution >= 4 is 34.9 Å². The van der Waals surface area contributed by atoms with Crippen molar-refractivity contribution < 1.29 is 19.1 Å². The molecule has 6 rings (SSSR count). The van der Waals surface area contributed by atoms with Gasteiger partial charge in [0.15, 0.2) is 5.71 Å². The van der Waals surface area contributed by atoms with E-state index >= 15 is 0 Å². The van der Waals surface area contributed by atoms with Gasteiger partial charge in [-0.2, -0.15) is 4.74 Å². The average Bonchev–Trinajstić information content (AvgIpc) is 3.26. The summed E-state index contributed by atoms with van der Waals surface area (Å²) in [6.07, 6.45) is 3.03. The molecule has 1 aliphatic carbocycles. The molecule has 0 radical (unpaired) electrons. The number of carbonyl (C=O) groups excluding carboxylic acids is 3. The highest BCUT2D eigenvalue weighted by Crippen LogP contribution is 2.34. The molecular weight excluding hydrogens is 482 g/mol. The second kappa shape index (κ2) is 10.5. The third-order valence-corrected chi connectivity index (χ3v) is 8.08. The van der Waals surface area contributed by atoms with E-state index in [1.165, 1.54) is 4.90 Å². The maximum Gasteiger partial charge on any atom is 0.324 e. The number of nitrogens with zero attached hydrogens (tertiary/aromatic N) is 3. The van der Waals surface area contributed by atoms with Gasteiger partial charge in [-0.3, -0.25) is 19.8 Å². The van der Waals surface area contributed by atoms with Crippen molar-refractivity contribution in [3.05, 3.63) is 64.4 Å². The Labute approximate surface area is 223 Å². The minimum Gasteiger partial charge on any atom is -0.622 e. The van der Waals surface area contributed by atoms with Crippen LogP contribution in [0, 0.1) is 30.9 Å². The molecule has 1 unspecified atom stereocenters. The molecule has 0 spiro atoms. The van der Waals surface area contributed by atoms with Gasteiger partial charge >= 0.3 is 18.1 Å². The van der Waals surface area contributed by atoms with Gasteiger partial charge in [0.1, 0.15) is 6.54 Å². The summed E-state index contributed by atoms with van der Waals surface area (Å²) in [6, 6.07) is 12.0. The van der Waals surface area contributed by atoms with E-state index in [9.17, 15) is 19.6 Å². The Morgan fingerprint density at radius 2 is 1.66 bits per heavy atom. The van der Waals surface area contributed by atoms with Gasteiger partial charge in [-0.1, -0.05) is 24.3 Å². The lowest BCUT2D eigenvalue weighted by molar-refractivity contribution is -0.489. The van der Waals surface area contributed by atoms with Crippen molar-refractivity contribution in [2.75, 3.05) is 29.9 Å². The van der Waals surface area contributed by atoms with Crippen LogP contribution in [0.5, 0.6) is 0 Å². The van der Waals surface area contributed by atoms with E-state index in [1.807, 2.05) is 36.9 Å². The number of nitrogens with one attached hydrogen (secondary N) is 2. The lowest BCUT2D eigenvalue weighted by Gasteiger charge is -2.29. The van der Waals surface area contributed by atoms with E-state index in [0.29, 0.717) is 52.3 Å². The van der Waals surface area contributed by atoms with Gasteiger partial charge in [0.25, 0.3) is 0 Å². The van der Waals surface area contributed by atoms with Crippen molar-refractivity contribution in [2.45, 2.75) is 52.6 Å². The summed E-state index contributed by atoms with van der Waals surface area (Å²) in [5, 5.41) is 18.7. The number of rotatable bonds is 4. The Hall–Kier alpha value is -3.88. The van der Waals surface area contributed by atoms with E-state index in [4.69, 9.17) is 0 Å². The zero-order valence-electron chi connectivity index (χ0n) is 22.2. The van der Waals surface area contributed by atoms with E-state index < -0.39 is 18.1 Å². The summed E-state index contributed by atoms with van der Waals surface area (Å²) < 4.78 is 0.535. The second-order valence-electron chi connectivity index (χ2n) is 10.9. The number of urea groups is 1. The number of hydrogen-bond donors (Lipinski definition) is 2. The molecule has 1 atom stereocenters. The summed E-state index contributed by atoms with van der Waals surface area (Å²) in [5.41, 5.74) is 3.67. The molecule has 3 heterocycles. The second-order valence-corrected chi connectivity index (χ2v) is 10.9. The molecule has 2 bridgehead atoms. The van der Waals surface area contributed by atoms with Crippen LogP contribution in [0.15, 0.2) is 42.5 Å². The van der Waals surface area contributed by atoms with Gasteiger partial charge in [0, 0.05) is 25.7 Å². The number of hydrogen-bond acceptors (Lipinski definition) is 4. The Morgan fingerprint density at radius 1 is 1.00 bits per heavy atom. The number of benzene rings is 2. The number of fused-ring (bicyclic) bond motifs is 5. The number of aryl methyl sites for hydroxylation is 2. The third kappa shape index (κ3) is 5.10. The fourth-order valence-electron chi connectivity index (χ4n) is 6.00. The zero-order valence-corrected chi connectivity index (χ0v) is 22.2. The largest absolute Gasteiger partial charge is 0.622 e. The molecule has 200 valence electrons. The number of benzodiazepines with no additional fused rings is 1. The van der Waals surface area contributed by atoms with Crippen LogP contribution in [0.3, 0.4) is 0 Å². The standard InChI is InChI=1S/C29H35N5O4/c1-18-6-4-8-23(14-18)30-29(37)31-27-28(36)33(26-19(2)7-5-9-24(26)20(3)34(27)38)17-25(35)32-15-21-10-11-22(16-32)13-12-21/h4-9,14,21-22,27H,10-13,15-17H2,1-3H3,(H2,30,31,37). The zero-order chi connectivity index (χ0) is 27.0. The molecule has 4 aliphatic rings. The smallest absolute Gasteiger partial charge is 0.324 e. The highest BCUT2D eigenvalue weighted by atomic mass is 16.5. The van der Waals surface area contributed by atoms with Crippen molar-refractivity contribution in [3.63, 3.8) is 0 Å². The van der Waals surface area contributed by atoms with Crippen LogP contribution in [0.25, 0.3) is 0 Å². The molecule has 2 saturated heterocycles. The highest BCUT2D eigenvalue weighted by Gasteiger charge is 2.42. The van der Waals surface area contributed by atoms with Crippen LogP contribution < -0.4 is 15.5 Å². The first-order chi connectivity index (χ1) is 18.2. The predicted molar refractivity (Wildman–Crippen MR) is 146 cm³/mol. The highest BCUT2D eigenvalue weighted by molar-refractivity contribution is 6.11. The predicted octanol–water partition coefficient (Wildman–Crippen LogP) is 3.77. The van der Waals surface area contributed by atoms with Crippen LogP contribution in [0.1, 0.15) is 49.3 Å². The van der Waals surface area contributed by atoms with Crippen LogP contribution >= 0.6 is 0 Å². The molecule has 2 N–H and O–H groups in total. The van der Waals surface area contributed by atoms with Gasteiger partial charge in [-0.25, -0.2) is 4.79 Å². The lowest BCUT2D eigenvalue weighted by Crippen LogP contribution is -2.56. The average molecular weight is 518 g/mol. The minimum atomic E-state index is -1.53. The number of amides is 4. The topological polar surface area (TPSA) is 108 Å². The third-order valence-electron chi connectivity index (χ3n) is 8.08. The molecule has 1 saturated carbocycles. The number of anilines is 2. The maximum atomic E-state index is 13.9. The van der Waals surface area contributed by atoms with Gasteiger partial charge in [-0.15, -0.1) is 0 Å². The van der Waals surface area contributed by atoms with Crippen molar-refractivity contribution in [2.24, 2.45) is 11.8 Å².